The van der Waals surface area contributed by atoms with Crippen LogP contribution in [-0.4, -0.2) is 24.9 Å². The minimum atomic E-state index is 0.174. The van der Waals surface area contributed by atoms with Gasteiger partial charge in [0.1, 0.15) is 0 Å². The molecule has 3 nitrogen and oxygen atoms in total. The Morgan fingerprint density at radius 3 is 2.18 bits per heavy atom. The first kappa shape index (κ1) is 18.7. The largest absolute Gasteiger partial charge is 0.352 e. The summed E-state index contributed by atoms with van der Waals surface area (Å²) in [7, 11) is 4.13. The van der Waals surface area contributed by atoms with Crippen LogP contribution in [0.15, 0.2) is 24.3 Å². The van der Waals surface area contributed by atoms with Gasteiger partial charge in [-0.05, 0) is 31.6 Å². The molecule has 3 heteroatoms. The van der Waals surface area contributed by atoms with Gasteiger partial charge in [0.15, 0.2) is 0 Å². The Morgan fingerprint density at radius 2 is 1.55 bits per heavy atom. The molecule has 0 unspecified atom stereocenters. The molecule has 0 aliphatic heterocycles. The highest BCUT2D eigenvalue weighted by Crippen LogP contribution is 2.08. The number of hydrogen-bond donors (Lipinski definition) is 1. The number of carbonyl (C=O) groups is 1. The van der Waals surface area contributed by atoms with E-state index in [9.17, 15) is 4.79 Å². The lowest BCUT2D eigenvalue weighted by molar-refractivity contribution is -0.121. The fourth-order valence-corrected chi connectivity index (χ4v) is 2.48. The number of carbonyl (C=O) groups excluding carboxylic acids is 1. The third-order valence-corrected chi connectivity index (χ3v) is 3.77. The van der Waals surface area contributed by atoms with Crippen LogP contribution in [0.3, 0.4) is 0 Å². The molecule has 0 radical (unpaired) electrons. The average molecular weight is 304 g/mol. The van der Waals surface area contributed by atoms with Crippen LogP contribution in [-0.2, 0) is 17.9 Å². The predicted octanol–water partition coefficient (Wildman–Crippen LogP) is 4.12. The molecule has 1 amide bonds. The lowest BCUT2D eigenvalue weighted by Gasteiger charge is -2.10. The Morgan fingerprint density at radius 1 is 0.955 bits per heavy atom. The molecule has 0 aliphatic carbocycles. The molecule has 0 saturated heterocycles. The molecule has 1 aromatic carbocycles. The summed E-state index contributed by atoms with van der Waals surface area (Å²) in [5.41, 5.74) is 2.46. The number of hydrogen-bond acceptors (Lipinski definition) is 2. The van der Waals surface area contributed by atoms with Crippen LogP contribution in [0.2, 0.25) is 0 Å². The number of benzene rings is 1. The van der Waals surface area contributed by atoms with Crippen LogP contribution in [0.25, 0.3) is 0 Å². The third kappa shape index (κ3) is 8.83. The molecule has 0 aliphatic rings. The van der Waals surface area contributed by atoms with Crippen molar-refractivity contribution in [3.05, 3.63) is 35.4 Å². The maximum Gasteiger partial charge on any atom is 0.220 e. The summed E-state index contributed by atoms with van der Waals surface area (Å²) in [6.07, 6.45) is 7.99. The predicted molar refractivity (Wildman–Crippen MR) is 93.7 cm³/mol. The van der Waals surface area contributed by atoms with Crippen molar-refractivity contribution in [1.82, 2.24) is 10.2 Å². The normalized spacial score (nSPS) is 10.9. The average Bonchev–Trinajstić information content (AvgIpc) is 2.49. The van der Waals surface area contributed by atoms with Gasteiger partial charge in [0, 0.05) is 19.5 Å². The molecule has 1 N–H and O–H groups in total. The van der Waals surface area contributed by atoms with Gasteiger partial charge in [0.05, 0.1) is 0 Å². The monoisotopic (exact) mass is 304 g/mol. The van der Waals surface area contributed by atoms with E-state index in [0.717, 1.165) is 13.0 Å². The molecule has 0 saturated carbocycles. The second kappa shape index (κ2) is 11.2. The van der Waals surface area contributed by atoms with E-state index in [-0.39, 0.29) is 5.91 Å². The highest BCUT2D eigenvalue weighted by atomic mass is 16.1. The molecule has 1 rings (SSSR count). The number of rotatable bonds is 11. The molecule has 0 spiro atoms. The van der Waals surface area contributed by atoms with Crippen LogP contribution < -0.4 is 5.32 Å². The van der Waals surface area contributed by atoms with Gasteiger partial charge < -0.3 is 10.2 Å². The van der Waals surface area contributed by atoms with E-state index in [1.54, 1.807) is 0 Å². The summed E-state index contributed by atoms with van der Waals surface area (Å²) in [4.78, 5) is 13.9. The SMILES string of the molecule is CCCCCCCCC(=O)NCc1ccc(CN(C)C)cc1. The third-order valence-electron chi connectivity index (χ3n) is 3.77. The molecular formula is C19H32N2O. The quantitative estimate of drug-likeness (QED) is 0.624. The molecule has 0 heterocycles. The molecule has 0 aromatic heterocycles. The molecule has 0 atom stereocenters. The van der Waals surface area contributed by atoms with Gasteiger partial charge in [-0.15, -0.1) is 0 Å². The Hall–Kier alpha value is -1.35. The Balaban J connectivity index is 2.15. The lowest BCUT2D eigenvalue weighted by Crippen LogP contribution is -2.22. The van der Waals surface area contributed by atoms with E-state index in [1.165, 1.54) is 43.2 Å². The topological polar surface area (TPSA) is 32.3 Å². The molecule has 1 aromatic rings. The Bertz CT molecular complexity index is 412. The minimum Gasteiger partial charge on any atom is -0.352 e. The van der Waals surface area contributed by atoms with Gasteiger partial charge in [0.2, 0.25) is 5.91 Å². The smallest absolute Gasteiger partial charge is 0.220 e. The molecular weight excluding hydrogens is 272 g/mol. The van der Waals surface area contributed by atoms with Crippen LogP contribution in [0.5, 0.6) is 0 Å². The molecule has 124 valence electrons. The van der Waals surface area contributed by atoms with Crippen LogP contribution >= 0.6 is 0 Å². The van der Waals surface area contributed by atoms with Crippen molar-refractivity contribution in [2.75, 3.05) is 14.1 Å². The van der Waals surface area contributed by atoms with Crippen molar-refractivity contribution in [1.29, 1.82) is 0 Å². The summed E-state index contributed by atoms with van der Waals surface area (Å²) in [5.74, 6) is 0.174. The summed E-state index contributed by atoms with van der Waals surface area (Å²) in [6, 6.07) is 8.47. The minimum absolute atomic E-state index is 0.174. The lowest BCUT2D eigenvalue weighted by atomic mass is 10.1. The second-order valence-electron chi connectivity index (χ2n) is 6.35. The maximum atomic E-state index is 11.8. The van der Waals surface area contributed by atoms with Gasteiger partial charge in [-0.25, -0.2) is 0 Å². The van der Waals surface area contributed by atoms with Gasteiger partial charge in [0.25, 0.3) is 0 Å². The van der Waals surface area contributed by atoms with E-state index < -0.39 is 0 Å². The summed E-state index contributed by atoms with van der Waals surface area (Å²) in [6.45, 7) is 3.81. The van der Waals surface area contributed by atoms with Crippen molar-refractivity contribution in [3.63, 3.8) is 0 Å². The Labute approximate surface area is 136 Å². The Kier molecular flexibility index (Phi) is 9.56. The highest BCUT2D eigenvalue weighted by Gasteiger charge is 2.02. The van der Waals surface area contributed by atoms with Crippen molar-refractivity contribution in [2.24, 2.45) is 0 Å². The van der Waals surface area contributed by atoms with E-state index in [0.29, 0.717) is 13.0 Å². The van der Waals surface area contributed by atoms with E-state index in [2.05, 4.69) is 55.5 Å². The van der Waals surface area contributed by atoms with Gasteiger partial charge >= 0.3 is 0 Å². The van der Waals surface area contributed by atoms with E-state index in [1.807, 2.05) is 0 Å². The fourth-order valence-electron chi connectivity index (χ4n) is 2.48. The van der Waals surface area contributed by atoms with Gasteiger partial charge in [-0.3, -0.25) is 4.79 Å². The number of nitrogens with one attached hydrogen (secondary N) is 1. The molecule has 0 bridgehead atoms. The van der Waals surface area contributed by atoms with Crippen LogP contribution in [0, 0.1) is 0 Å². The highest BCUT2D eigenvalue weighted by molar-refractivity contribution is 5.75. The van der Waals surface area contributed by atoms with Crippen molar-refractivity contribution in [3.8, 4) is 0 Å². The summed E-state index contributed by atoms with van der Waals surface area (Å²) in [5, 5.41) is 3.01. The zero-order valence-electron chi connectivity index (χ0n) is 14.5. The summed E-state index contributed by atoms with van der Waals surface area (Å²) < 4.78 is 0. The number of unbranched alkanes of at least 4 members (excludes halogenated alkanes) is 5. The zero-order valence-corrected chi connectivity index (χ0v) is 14.5. The maximum absolute atomic E-state index is 11.8. The first-order valence-electron chi connectivity index (χ1n) is 8.61. The van der Waals surface area contributed by atoms with Crippen molar-refractivity contribution in [2.45, 2.75) is 65.0 Å². The number of nitrogens with zero attached hydrogens (tertiary/aromatic N) is 1. The van der Waals surface area contributed by atoms with Gasteiger partial charge in [-0.2, -0.15) is 0 Å². The van der Waals surface area contributed by atoms with Gasteiger partial charge in [-0.1, -0.05) is 63.3 Å². The first-order valence-corrected chi connectivity index (χ1v) is 8.61. The van der Waals surface area contributed by atoms with E-state index in [4.69, 9.17) is 0 Å². The van der Waals surface area contributed by atoms with Crippen LogP contribution in [0.4, 0.5) is 0 Å². The summed E-state index contributed by atoms with van der Waals surface area (Å²) >= 11 is 0. The van der Waals surface area contributed by atoms with Crippen LogP contribution in [0.1, 0.15) is 63.0 Å². The standard InChI is InChI=1S/C19H32N2O/c1-4-5-6-7-8-9-10-19(22)20-15-17-11-13-18(14-12-17)16-21(2)3/h11-14H,4-10,15-16H2,1-3H3,(H,20,22). The van der Waals surface area contributed by atoms with Crippen molar-refractivity contribution >= 4 is 5.91 Å². The van der Waals surface area contributed by atoms with Crippen molar-refractivity contribution < 1.29 is 4.79 Å². The van der Waals surface area contributed by atoms with E-state index >= 15 is 0 Å². The number of amides is 1. The molecule has 0 fully saturated rings. The fraction of sp³-hybridized carbons (Fsp3) is 0.632. The zero-order chi connectivity index (χ0) is 16.2. The molecule has 22 heavy (non-hydrogen) atoms. The second-order valence-corrected chi connectivity index (χ2v) is 6.35. The first-order chi connectivity index (χ1) is 10.6.